The molecule has 1 atom stereocenters. The van der Waals surface area contributed by atoms with Crippen molar-refractivity contribution in [2.45, 2.75) is 78.2 Å². The van der Waals surface area contributed by atoms with Gasteiger partial charge in [0, 0.05) is 12.8 Å². The zero-order chi connectivity index (χ0) is 16.8. The van der Waals surface area contributed by atoms with Gasteiger partial charge in [0.05, 0.1) is 5.60 Å². The maximum absolute atomic E-state index is 12.0. The fourth-order valence-corrected chi connectivity index (χ4v) is 2.79. The van der Waals surface area contributed by atoms with E-state index in [9.17, 15) is 14.7 Å². The molecule has 0 saturated heterocycles. The molecule has 0 bridgehead atoms. The second-order valence-corrected chi connectivity index (χ2v) is 6.88. The molecule has 0 aromatic heterocycles. The number of hydrogen-bond acceptors (Lipinski definition) is 3. The van der Waals surface area contributed by atoms with Crippen molar-refractivity contribution in [3.05, 3.63) is 23.3 Å². The van der Waals surface area contributed by atoms with E-state index in [1.807, 2.05) is 13.8 Å². The molecule has 3 nitrogen and oxygen atoms in total. The van der Waals surface area contributed by atoms with Crippen LogP contribution in [-0.2, 0) is 9.59 Å². The zero-order valence-electron chi connectivity index (χ0n) is 14.4. The van der Waals surface area contributed by atoms with E-state index >= 15 is 0 Å². The number of aliphatic hydroxyl groups is 1. The van der Waals surface area contributed by atoms with Crippen molar-refractivity contribution in [1.29, 1.82) is 0 Å². The number of carbonyl (C=O) groups excluding carboxylic acids is 2. The summed E-state index contributed by atoms with van der Waals surface area (Å²) in [5, 5.41) is 10.5. The van der Waals surface area contributed by atoms with Crippen molar-refractivity contribution < 1.29 is 14.7 Å². The largest absolute Gasteiger partial charge is 0.385 e. The van der Waals surface area contributed by atoms with Gasteiger partial charge < -0.3 is 9.90 Å². The van der Waals surface area contributed by atoms with Gasteiger partial charge in [0.25, 0.3) is 0 Å². The lowest BCUT2D eigenvalue weighted by atomic mass is 9.78. The van der Waals surface area contributed by atoms with Crippen LogP contribution in [-0.4, -0.2) is 22.3 Å². The molecule has 0 amide bonds. The van der Waals surface area contributed by atoms with Crippen molar-refractivity contribution in [2.24, 2.45) is 5.92 Å². The number of rotatable bonds is 8. The molecule has 0 radical (unpaired) electrons. The van der Waals surface area contributed by atoms with Crippen LogP contribution < -0.4 is 0 Å². The molecule has 0 spiro atoms. The van der Waals surface area contributed by atoms with E-state index in [-0.39, 0.29) is 17.5 Å². The topological polar surface area (TPSA) is 54.4 Å². The number of carbonyl (C=O) groups is 2. The third-order valence-corrected chi connectivity index (χ3v) is 4.54. The van der Waals surface area contributed by atoms with Gasteiger partial charge in [0.1, 0.15) is 5.78 Å². The standard InChI is InChI=1S/C19H30O3/c1-14(2)19(22)12-11-18(21)17(13-19)10-6-8-15(3)7-5-9-16(4)20/h8,13-14,22H,5-7,9-12H2,1-4H3/b15-8-/t19-/m0/s1. The van der Waals surface area contributed by atoms with E-state index in [4.69, 9.17) is 0 Å². The molecule has 1 aliphatic carbocycles. The highest BCUT2D eigenvalue weighted by Gasteiger charge is 2.34. The first kappa shape index (κ1) is 18.8. The van der Waals surface area contributed by atoms with E-state index in [2.05, 4.69) is 13.0 Å². The number of allylic oxidation sites excluding steroid dienone is 3. The van der Waals surface area contributed by atoms with Crippen LogP contribution in [0, 0.1) is 5.92 Å². The van der Waals surface area contributed by atoms with Crippen molar-refractivity contribution in [3.8, 4) is 0 Å². The van der Waals surface area contributed by atoms with Gasteiger partial charge in [-0.15, -0.1) is 0 Å². The fraction of sp³-hybridized carbons (Fsp3) is 0.684. The predicted octanol–water partition coefficient (Wildman–Crippen LogP) is 4.15. The van der Waals surface area contributed by atoms with Crippen molar-refractivity contribution >= 4 is 11.6 Å². The summed E-state index contributed by atoms with van der Waals surface area (Å²) in [6.07, 6.45) is 8.90. The summed E-state index contributed by atoms with van der Waals surface area (Å²) in [5.74, 6) is 0.533. The van der Waals surface area contributed by atoms with Gasteiger partial charge >= 0.3 is 0 Å². The molecule has 1 aliphatic rings. The van der Waals surface area contributed by atoms with E-state index in [0.717, 1.165) is 24.8 Å². The second-order valence-electron chi connectivity index (χ2n) is 6.88. The Balaban J connectivity index is 2.53. The quantitative estimate of drug-likeness (QED) is 0.685. The Hall–Kier alpha value is -1.22. The lowest BCUT2D eigenvalue weighted by molar-refractivity contribution is -0.118. The predicted molar refractivity (Wildman–Crippen MR) is 89.6 cm³/mol. The normalized spacial score (nSPS) is 22.9. The van der Waals surface area contributed by atoms with Crippen molar-refractivity contribution in [3.63, 3.8) is 0 Å². The number of Topliss-reactive ketones (excluding diaryl/α,β-unsaturated/α-hetero) is 2. The van der Waals surface area contributed by atoms with Crippen LogP contribution in [0.5, 0.6) is 0 Å². The highest BCUT2D eigenvalue weighted by Crippen LogP contribution is 2.32. The second kappa shape index (κ2) is 8.42. The third-order valence-electron chi connectivity index (χ3n) is 4.54. The van der Waals surface area contributed by atoms with Gasteiger partial charge in [-0.05, 0) is 63.5 Å². The minimum atomic E-state index is -0.830. The summed E-state index contributed by atoms with van der Waals surface area (Å²) >= 11 is 0. The van der Waals surface area contributed by atoms with Crippen LogP contribution >= 0.6 is 0 Å². The first-order valence-corrected chi connectivity index (χ1v) is 8.37. The van der Waals surface area contributed by atoms with Gasteiger partial charge in [0.15, 0.2) is 5.78 Å². The fourth-order valence-electron chi connectivity index (χ4n) is 2.79. The Morgan fingerprint density at radius 3 is 2.64 bits per heavy atom. The molecule has 22 heavy (non-hydrogen) atoms. The minimum absolute atomic E-state index is 0.124. The van der Waals surface area contributed by atoms with E-state index in [0.29, 0.717) is 25.7 Å². The summed E-state index contributed by atoms with van der Waals surface area (Å²) in [6, 6.07) is 0. The van der Waals surface area contributed by atoms with Gasteiger partial charge in [-0.2, -0.15) is 0 Å². The molecule has 0 aromatic carbocycles. The highest BCUT2D eigenvalue weighted by atomic mass is 16.3. The molecule has 0 unspecified atom stereocenters. The highest BCUT2D eigenvalue weighted by molar-refractivity contribution is 5.96. The lowest BCUT2D eigenvalue weighted by Crippen LogP contribution is -2.37. The summed E-state index contributed by atoms with van der Waals surface area (Å²) in [4.78, 5) is 22.9. The van der Waals surface area contributed by atoms with Gasteiger partial charge in [0.2, 0.25) is 0 Å². The molecule has 0 aliphatic heterocycles. The third kappa shape index (κ3) is 5.88. The van der Waals surface area contributed by atoms with Gasteiger partial charge in [-0.1, -0.05) is 25.5 Å². The lowest BCUT2D eigenvalue weighted by Gasteiger charge is -2.33. The van der Waals surface area contributed by atoms with Crippen LogP contribution in [0.3, 0.4) is 0 Å². The first-order chi connectivity index (χ1) is 10.2. The average molecular weight is 306 g/mol. The number of ketones is 2. The molecule has 1 rings (SSSR count). The molecular weight excluding hydrogens is 276 g/mol. The smallest absolute Gasteiger partial charge is 0.158 e. The van der Waals surface area contributed by atoms with Gasteiger partial charge in [-0.3, -0.25) is 4.79 Å². The van der Waals surface area contributed by atoms with Crippen LogP contribution in [0.25, 0.3) is 0 Å². The summed E-state index contributed by atoms with van der Waals surface area (Å²) in [5.41, 5.74) is 1.21. The number of hydrogen-bond donors (Lipinski definition) is 1. The monoisotopic (exact) mass is 306 g/mol. The summed E-state index contributed by atoms with van der Waals surface area (Å²) in [6.45, 7) is 7.67. The first-order valence-electron chi connectivity index (χ1n) is 8.37. The maximum atomic E-state index is 12.0. The molecular formula is C19H30O3. The molecule has 124 valence electrons. The Labute approximate surface area is 134 Å². The zero-order valence-corrected chi connectivity index (χ0v) is 14.4. The van der Waals surface area contributed by atoms with E-state index in [1.54, 1.807) is 13.0 Å². The van der Waals surface area contributed by atoms with Crippen LogP contribution in [0.15, 0.2) is 23.3 Å². The van der Waals surface area contributed by atoms with Gasteiger partial charge in [-0.25, -0.2) is 0 Å². The minimum Gasteiger partial charge on any atom is -0.385 e. The SMILES string of the molecule is CC(=O)CCC/C(C)=C\CCC1=C[C@](O)(C(C)C)CCC1=O. The molecule has 0 heterocycles. The molecule has 0 fully saturated rings. The molecule has 3 heteroatoms. The van der Waals surface area contributed by atoms with E-state index < -0.39 is 5.60 Å². The summed E-state index contributed by atoms with van der Waals surface area (Å²) < 4.78 is 0. The van der Waals surface area contributed by atoms with Crippen molar-refractivity contribution in [2.75, 3.05) is 0 Å². The molecule has 0 saturated carbocycles. The summed E-state index contributed by atoms with van der Waals surface area (Å²) in [7, 11) is 0. The van der Waals surface area contributed by atoms with Crippen LogP contribution in [0.4, 0.5) is 0 Å². The Morgan fingerprint density at radius 1 is 1.36 bits per heavy atom. The maximum Gasteiger partial charge on any atom is 0.158 e. The van der Waals surface area contributed by atoms with Crippen molar-refractivity contribution in [1.82, 2.24) is 0 Å². The average Bonchev–Trinajstić information content (AvgIpc) is 2.42. The van der Waals surface area contributed by atoms with Crippen LogP contribution in [0.1, 0.15) is 72.6 Å². The van der Waals surface area contributed by atoms with Crippen LogP contribution in [0.2, 0.25) is 0 Å². The van der Waals surface area contributed by atoms with E-state index in [1.165, 1.54) is 5.57 Å². The molecule has 1 N–H and O–H groups in total. The Bertz CT molecular complexity index is 471. The Kier molecular flexibility index (Phi) is 7.21. The Morgan fingerprint density at radius 2 is 2.05 bits per heavy atom. The molecule has 0 aromatic rings.